The molecule has 0 aliphatic carbocycles. The van der Waals surface area contributed by atoms with E-state index in [9.17, 15) is 0 Å². The summed E-state index contributed by atoms with van der Waals surface area (Å²) in [6, 6.07) is 6.15. The van der Waals surface area contributed by atoms with E-state index in [0.717, 1.165) is 17.2 Å². The summed E-state index contributed by atoms with van der Waals surface area (Å²) in [5.41, 5.74) is 1.01. The third-order valence-electron chi connectivity index (χ3n) is 2.97. The van der Waals surface area contributed by atoms with Gasteiger partial charge in [-0.05, 0) is 25.0 Å². The van der Waals surface area contributed by atoms with E-state index in [-0.39, 0.29) is 6.04 Å². The monoisotopic (exact) mass is 267 g/mol. The normalized spacial score (nSPS) is 12.3. The molecule has 1 aromatic rings. The molecular formula is C15H25NO3. The van der Waals surface area contributed by atoms with E-state index < -0.39 is 0 Å². The summed E-state index contributed by atoms with van der Waals surface area (Å²) in [4.78, 5) is 0. The molecule has 1 atom stereocenters. The smallest absolute Gasteiger partial charge is 0.162 e. The second-order valence-corrected chi connectivity index (χ2v) is 4.75. The molecule has 0 saturated carbocycles. The Morgan fingerprint density at radius 3 is 2.42 bits per heavy atom. The summed E-state index contributed by atoms with van der Waals surface area (Å²) in [5.74, 6) is 1.99. The molecule has 0 amide bonds. The van der Waals surface area contributed by atoms with Crippen LogP contribution in [0.1, 0.15) is 20.8 Å². The van der Waals surface area contributed by atoms with Crippen LogP contribution in [0.5, 0.6) is 11.5 Å². The van der Waals surface area contributed by atoms with Crippen molar-refractivity contribution in [2.45, 2.75) is 26.8 Å². The van der Waals surface area contributed by atoms with Gasteiger partial charge in [0.15, 0.2) is 11.5 Å². The summed E-state index contributed by atoms with van der Waals surface area (Å²) in [6.07, 6.45) is 0. The molecule has 4 nitrogen and oxygen atoms in total. The van der Waals surface area contributed by atoms with Crippen LogP contribution in [0.25, 0.3) is 0 Å². The fourth-order valence-electron chi connectivity index (χ4n) is 1.83. The number of hydrogen-bond acceptors (Lipinski definition) is 4. The predicted octanol–water partition coefficient (Wildman–Crippen LogP) is 3.18. The third-order valence-corrected chi connectivity index (χ3v) is 2.97. The maximum absolute atomic E-state index is 5.51. The number of methoxy groups -OCH3 is 2. The first-order chi connectivity index (χ1) is 9.12. The maximum Gasteiger partial charge on any atom is 0.162 e. The van der Waals surface area contributed by atoms with Crippen LogP contribution in [0.4, 0.5) is 5.69 Å². The molecule has 108 valence electrons. The van der Waals surface area contributed by atoms with Gasteiger partial charge >= 0.3 is 0 Å². The molecule has 0 radical (unpaired) electrons. The minimum absolute atomic E-state index is 0.271. The molecule has 0 heterocycles. The highest BCUT2D eigenvalue weighted by Crippen LogP contribution is 2.30. The number of nitrogens with one attached hydrogen (secondary N) is 1. The van der Waals surface area contributed by atoms with Crippen molar-refractivity contribution in [1.82, 2.24) is 0 Å². The van der Waals surface area contributed by atoms with Gasteiger partial charge in [0.25, 0.3) is 0 Å². The zero-order chi connectivity index (χ0) is 14.3. The number of rotatable bonds is 8. The van der Waals surface area contributed by atoms with Crippen LogP contribution in [0.2, 0.25) is 0 Å². The van der Waals surface area contributed by atoms with E-state index in [0.29, 0.717) is 19.1 Å². The summed E-state index contributed by atoms with van der Waals surface area (Å²) < 4.78 is 16.1. The molecule has 0 bridgehead atoms. The average Bonchev–Trinajstić information content (AvgIpc) is 2.40. The molecule has 0 aliphatic rings. The van der Waals surface area contributed by atoms with E-state index in [1.54, 1.807) is 14.2 Å². The molecule has 19 heavy (non-hydrogen) atoms. The Balaban J connectivity index is 2.83. The van der Waals surface area contributed by atoms with Gasteiger partial charge in [-0.25, -0.2) is 0 Å². The minimum atomic E-state index is 0.271. The van der Waals surface area contributed by atoms with Gasteiger partial charge in [-0.2, -0.15) is 0 Å². The standard InChI is InChI=1S/C15H25NO3/c1-6-19-14-8-7-12(9-15(14)18-5)16-13(10-17-4)11(2)3/h7-9,11,13,16H,6,10H2,1-5H3. The van der Waals surface area contributed by atoms with Crippen LogP contribution in [0.15, 0.2) is 18.2 Å². The first-order valence-corrected chi connectivity index (χ1v) is 6.68. The van der Waals surface area contributed by atoms with Gasteiger partial charge in [0.2, 0.25) is 0 Å². The molecule has 0 aromatic heterocycles. The van der Waals surface area contributed by atoms with Gasteiger partial charge in [-0.1, -0.05) is 13.8 Å². The molecule has 1 aromatic carbocycles. The number of ether oxygens (including phenoxy) is 3. The van der Waals surface area contributed by atoms with Gasteiger partial charge in [-0.3, -0.25) is 0 Å². The Bertz CT molecular complexity index is 380. The van der Waals surface area contributed by atoms with Crippen molar-refractivity contribution in [2.75, 3.05) is 32.8 Å². The fraction of sp³-hybridized carbons (Fsp3) is 0.600. The van der Waals surface area contributed by atoms with Gasteiger partial charge in [0.1, 0.15) is 0 Å². The van der Waals surface area contributed by atoms with Crippen molar-refractivity contribution in [3.8, 4) is 11.5 Å². The van der Waals surface area contributed by atoms with E-state index in [4.69, 9.17) is 14.2 Å². The minimum Gasteiger partial charge on any atom is -0.493 e. The summed E-state index contributed by atoms with van der Waals surface area (Å²) in [7, 11) is 3.37. The molecule has 1 rings (SSSR count). The number of hydrogen-bond donors (Lipinski definition) is 1. The maximum atomic E-state index is 5.51. The zero-order valence-electron chi connectivity index (χ0n) is 12.5. The van der Waals surface area contributed by atoms with Crippen molar-refractivity contribution < 1.29 is 14.2 Å². The highest BCUT2D eigenvalue weighted by molar-refractivity contribution is 5.55. The second-order valence-electron chi connectivity index (χ2n) is 4.75. The third kappa shape index (κ3) is 4.63. The van der Waals surface area contributed by atoms with Crippen LogP contribution in [-0.4, -0.2) is 33.5 Å². The van der Waals surface area contributed by atoms with Crippen LogP contribution >= 0.6 is 0 Å². The summed E-state index contributed by atoms with van der Waals surface area (Å²) >= 11 is 0. The van der Waals surface area contributed by atoms with Gasteiger partial charge in [0.05, 0.1) is 26.4 Å². The van der Waals surface area contributed by atoms with Crippen molar-refractivity contribution in [3.05, 3.63) is 18.2 Å². The highest BCUT2D eigenvalue weighted by Gasteiger charge is 2.14. The van der Waals surface area contributed by atoms with Crippen molar-refractivity contribution in [1.29, 1.82) is 0 Å². The lowest BCUT2D eigenvalue weighted by atomic mass is 10.0. The second kappa shape index (κ2) is 7.89. The molecule has 1 N–H and O–H groups in total. The van der Waals surface area contributed by atoms with E-state index in [1.165, 1.54) is 0 Å². The summed E-state index contributed by atoms with van der Waals surface area (Å²) in [6.45, 7) is 7.60. The molecule has 0 fully saturated rings. The van der Waals surface area contributed by atoms with E-state index in [1.807, 2.05) is 25.1 Å². The van der Waals surface area contributed by atoms with Gasteiger partial charge in [-0.15, -0.1) is 0 Å². The highest BCUT2D eigenvalue weighted by atomic mass is 16.5. The van der Waals surface area contributed by atoms with E-state index in [2.05, 4.69) is 19.2 Å². The zero-order valence-corrected chi connectivity index (χ0v) is 12.5. The molecule has 0 aliphatic heterocycles. The first kappa shape index (κ1) is 15.6. The Morgan fingerprint density at radius 2 is 1.89 bits per heavy atom. The largest absolute Gasteiger partial charge is 0.493 e. The lowest BCUT2D eigenvalue weighted by Crippen LogP contribution is -2.30. The van der Waals surface area contributed by atoms with Crippen LogP contribution in [-0.2, 0) is 4.74 Å². The summed E-state index contributed by atoms with van der Waals surface area (Å²) in [5, 5.41) is 3.46. The number of anilines is 1. The van der Waals surface area contributed by atoms with Crippen LogP contribution < -0.4 is 14.8 Å². The van der Waals surface area contributed by atoms with Crippen LogP contribution in [0, 0.1) is 5.92 Å². The SMILES string of the molecule is CCOc1ccc(NC(COC)C(C)C)cc1OC. The Morgan fingerprint density at radius 1 is 1.16 bits per heavy atom. The first-order valence-electron chi connectivity index (χ1n) is 6.68. The molecular weight excluding hydrogens is 242 g/mol. The topological polar surface area (TPSA) is 39.7 Å². The lowest BCUT2D eigenvalue weighted by Gasteiger charge is -2.23. The van der Waals surface area contributed by atoms with Gasteiger partial charge in [0, 0.05) is 18.9 Å². The predicted molar refractivity (Wildman–Crippen MR) is 78.3 cm³/mol. The molecule has 0 saturated heterocycles. The Hall–Kier alpha value is -1.42. The number of benzene rings is 1. The Kier molecular flexibility index (Phi) is 6.50. The van der Waals surface area contributed by atoms with Crippen molar-refractivity contribution in [3.63, 3.8) is 0 Å². The molecule has 4 heteroatoms. The van der Waals surface area contributed by atoms with E-state index >= 15 is 0 Å². The Labute approximate surface area is 116 Å². The van der Waals surface area contributed by atoms with Crippen molar-refractivity contribution >= 4 is 5.69 Å². The molecule has 1 unspecified atom stereocenters. The average molecular weight is 267 g/mol. The molecule has 0 spiro atoms. The lowest BCUT2D eigenvalue weighted by molar-refractivity contribution is 0.171. The fourth-order valence-corrected chi connectivity index (χ4v) is 1.83. The van der Waals surface area contributed by atoms with Gasteiger partial charge < -0.3 is 19.5 Å². The quantitative estimate of drug-likeness (QED) is 0.785. The van der Waals surface area contributed by atoms with Crippen LogP contribution in [0.3, 0.4) is 0 Å². The van der Waals surface area contributed by atoms with Crippen molar-refractivity contribution in [2.24, 2.45) is 5.92 Å².